The van der Waals surface area contributed by atoms with Crippen molar-refractivity contribution in [3.63, 3.8) is 0 Å². The molecule has 1 atom stereocenters. The fourth-order valence-electron chi connectivity index (χ4n) is 3.02. The van der Waals surface area contributed by atoms with Gasteiger partial charge in [0.05, 0.1) is 6.04 Å². The molecule has 1 aliphatic rings. The average molecular weight is 314 g/mol. The van der Waals surface area contributed by atoms with Crippen molar-refractivity contribution in [2.24, 2.45) is 0 Å². The maximum Gasteiger partial charge on any atom is 0.371 e. The van der Waals surface area contributed by atoms with E-state index >= 15 is 0 Å². The Bertz CT molecular complexity index is 645. The van der Waals surface area contributed by atoms with Crippen LogP contribution in [-0.2, 0) is 6.54 Å². The molecule has 1 fully saturated rings. The molecule has 1 aromatic carbocycles. The zero-order chi connectivity index (χ0) is 16.2. The van der Waals surface area contributed by atoms with Gasteiger partial charge in [0.1, 0.15) is 5.76 Å². The van der Waals surface area contributed by atoms with E-state index < -0.39 is 5.97 Å². The lowest BCUT2D eigenvalue weighted by molar-refractivity contribution is 0.0645. The van der Waals surface area contributed by atoms with Crippen molar-refractivity contribution in [2.75, 3.05) is 26.2 Å². The summed E-state index contributed by atoms with van der Waals surface area (Å²) in [4.78, 5) is 15.7. The second-order valence-electron chi connectivity index (χ2n) is 5.98. The van der Waals surface area contributed by atoms with Crippen LogP contribution in [0.3, 0.4) is 0 Å². The SMILES string of the molecule is CC(c1ccc(C(=O)O)o1)N1CCN(Cc2ccccc2)CC1. The number of hydrogen-bond donors (Lipinski definition) is 1. The Hall–Kier alpha value is -2.11. The van der Waals surface area contributed by atoms with Crippen LogP contribution in [0.4, 0.5) is 0 Å². The number of carbonyl (C=O) groups is 1. The molecule has 5 nitrogen and oxygen atoms in total. The standard InChI is InChI=1S/C18H22N2O3/c1-14(16-7-8-17(23-16)18(21)22)20-11-9-19(10-12-20)13-15-5-3-2-4-6-15/h2-8,14H,9-13H2,1H3,(H,21,22). The van der Waals surface area contributed by atoms with Gasteiger partial charge < -0.3 is 9.52 Å². The van der Waals surface area contributed by atoms with Gasteiger partial charge in [-0.3, -0.25) is 9.80 Å². The quantitative estimate of drug-likeness (QED) is 0.919. The van der Waals surface area contributed by atoms with Crippen molar-refractivity contribution in [3.05, 3.63) is 59.5 Å². The van der Waals surface area contributed by atoms with Crippen LogP contribution in [0.2, 0.25) is 0 Å². The van der Waals surface area contributed by atoms with Crippen molar-refractivity contribution in [1.29, 1.82) is 0 Å². The summed E-state index contributed by atoms with van der Waals surface area (Å²) in [6, 6.07) is 13.9. The van der Waals surface area contributed by atoms with E-state index in [1.165, 1.54) is 11.6 Å². The van der Waals surface area contributed by atoms with Crippen LogP contribution >= 0.6 is 0 Å². The molecule has 23 heavy (non-hydrogen) atoms. The molecular weight excluding hydrogens is 292 g/mol. The Morgan fingerprint density at radius 1 is 1.13 bits per heavy atom. The third-order valence-corrected chi connectivity index (χ3v) is 4.45. The predicted octanol–water partition coefficient (Wildman–Crippen LogP) is 2.86. The highest BCUT2D eigenvalue weighted by atomic mass is 16.4. The van der Waals surface area contributed by atoms with Gasteiger partial charge in [-0.05, 0) is 24.6 Å². The second-order valence-corrected chi connectivity index (χ2v) is 5.98. The summed E-state index contributed by atoms with van der Waals surface area (Å²) in [7, 11) is 0. The predicted molar refractivity (Wildman–Crippen MR) is 87.4 cm³/mol. The molecule has 0 saturated carbocycles. The summed E-state index contributed by atoms with van der Waals surface area (Å²) in [5.74, 6) is -0.287. The highest BCUT2D eigenvalue weighted by Crippen LogP contribution is 2.24. The fourth-order valence-corrected chi connectivity index (χ4v) is 3.02. The molecule has 1 saturated heterocycles. The fraction of sp³-hybridized carbons (Fsp3) is 0.389. The molecule has 1 aromatic heterocycles. The molecule has 5 heteroatoms. The van der Waals surface area contributed by atoms with E-state index in [9.17, 15) is 4.79 Å². The Kier molecular flexibility index (Phi) is 4.79. The Labute approximate surface area is 136 Å². The van der Waals surface area contributed by atoms with Gasteiger partial charge >= 0.3 is 5.97 Å². The van der Waals surface area contributed by atoms with E-state index in [0.717, 1.165) is 38.5 Å². The van der Waals surface area contributed by atoms with Crippen molar-refractivity contribution in [3.8, 4) is 0 Å². The number of carboxylic acid groups (broad SMARTS) is 1. The average Bonchev–Trinajstić information content (AvgIpc) is 3.06. The topological polar surface area (TPSA) is 56.9 Å². The number of nitrogens with zero attached hydrogens (tertiary/aromatic N) is 2. The highest BCUT2D eigenvalue weighted by Gasteiger charge is 2.24. The lowest BCUT2D eigenvalue weighted by Gasteiger charge is -2.37. The first-order valence-electron chi connectivity index (χ1n) is 7.97. The Morgan fingerprint density at radius 3 is 2.43 bits per heavy atom. The Balaban J connectivity index is 1.54. The zero-order valence-electron chi connectivity index (χ0n) is 13.3. The minimum atomic E-state index is -1.02. The number of furan rings is 1. The van der Waals surface area contributed by atoms with E-state index in [-0.39, 0.29) is 11.8 Å². The minimum absolute atomic E-state index is 0.00886. The molecule has 0 amide bonds. The summed E-state index contributed by atoms with van der Waals surface area (Å²) in [5.41, 5.74) is 1.34. The van der Waals surface area contributed by atoms with Crippen molar-refractivity contribution < 1.29 is 14.3 Å². The number of carboxylic acids is 1. The molecule has 0 radical (unpaired) electrons. The summed E-state index contributed by atoms with van der Waals surface area (Å²) in [6.45, 7) is 6.97. The van der Waals surface area contributed by atoms with Gasteiger partial charge in [0.2, 0.25) is 5.76 Å². The normalized spacial score (nSPS) is 18.0. The second kappa shape index (κ2) is 6.98. The summed E-state index contributed by atoms with van der Waals surface area (Å²) >= 11 is 0. The number of rotatable bonds is 5. The first kappa shape index (κ1) is 15.8. The zero-order valence-corrected chi connectivity index (χ0v) is 13.3. The van der Waals surface area contributed by atoms with Gasteiger partial charge in [-0.25, -0.2) is 4.79 Å². The molecular formula is C18H22N2O3. The minimum Gasteiger partial charge on any atom is -0.475 e. The molecule has 3 rings (SSSR count). The molecule has 1 N–H and O–H groups in total. The number of hydrogen-bond acceptors (Lipinski definition) is 4. The molecule has 0 bridgehead atoms. The van der Waals surface area contributed by atoms with Gasteiger partial charge in [-0.1, -0.05) is 30.3 Å². The smallest absolute Gasteiger partial charge is 0.371 e. The molecule has 1 aliphatic heterocycles. The lowest BCUT2D eigenvalue weighted by Crippen LogP contribution is -2.46. The van der Waals surface area contributed by atoms with Crippen molar-refractivity contribution >= 4 is 5.97 Å². The first-order chi connectivity index (χ1) is 11.1. The van der Waals surface area contributed by atoms with E-state index in [2.05, 4.69) is 41.0 Å². The van der Waals surface area contributed by atoms with E-state index in [1.807, 2.05) is 6.07 Å². The number of aromatic carboxylic acids is 1. The van der Waals surface area contributed by atoms with Crippen molar-refractivity contribution in [1.82, 2.24) is 9.80 Å². The molecule has 2 aromatic rings. The van der Waals surface area contributed by atoms with Crippen LogP contribution < -0.4 is 0 Å². The molecule has 1 unspecified atom stereocenters. The summed E-state index contributed by atoms with van der Waals surface area (Å²) < 4.78 is 5.43. The first-order valence-corrected chi connectivity index (χ1v) is 7.97. The third kappa shape index (κ3) is 3.81. The van der Waals surface area contributed by atoms with Gasteiger partial charge in [-0.2, -0.15) is 0 Å². The maximum absolute atomic E-state index is 10.9. The van der Waals surface area contributed by atoms with Crippen LogP contribution in [0.5, 0.6) is 0 Å². The largest absolute Gasteiger partial charge is 0.475 e. The Morgan fingerprint density at radius 2 is 1.83 bits per heavy atom. The van der Waals surface area contributed by atoms with Crippen LogP contribution in [0, 0.1) is 0 Å². The maximum atomic E-state index is 10.9. The van der Waals surface area contributed by atoms with Crippen LogP contribution in [-0.4, -0.2) is 47.1 Å². The summed E-state index contributed by atoms with van der Waals surface area (Å²) in [5, 5.41) is 8.95. The van der Waals surface area contributed by atoms with Gasteiger partial charge in [0, 0.05) is 32.7 Å². The summed E-state index contributed by atoms with van der Waals surface area (Å²) in [6.07, 6.45) is 0. The van der Waals surface area contributed by atoms with Gasteiger partial charge in [0.25, 0.3) is 0 Å². The van der Waals surface area contributed by atoms with E-state index in [0.29, 0.717) is 0 Å². The van der Waals surface area contributed by atoms with Gasteiger partial charge in [-0.15, -0.1) is 0 Å². The number of benzene rings is 1. The molecule has 122 valence electrons. The molecule has 0 spiro atoms. The van der Waals surface area contributed by atoms with Crippen LogP contribution in [0.25, 0.3) is 0 Å². The van der Waals surface area contributed by atoms with E-state index in [4.69, 9.17) is 9.52 Å². The van der Waals surface area contributed by atoms with Gasteiger partial charge in [0.15, 0.2) is 0 Å². The lowest BCUT2D eigenvalue weighted by atomic mass is 10.1. The monoisotopic (exact) mass is 314 g/mol. The molecule has 0 aliphatic carbocycles. The van der Waals surface area contributed by atoms with Crippen LogP contribution in [0.1, 0.15) is 34.8 Å². The van der Waals surface area contributed by atoms with E-state index in [1.54, 1.807) is 6.07 Å². The third-order valence-electron chi connectivity index (χ3n) is 4.45. The number of piperazine rings is 1. The van der Waals surface area contributed by atoms with Crippen LogP contribution in [0.15, 0.2) is 46.9 Å². The highest BCUT2D eigenvalue weighted by molar-refractivity contribution is 5.84. The van der Waals surface area contributed by atoms with Crippen molar-refractivity contribution in [2.45, 2.75) is 19.5 Å². The molecule has 2 heterocycles.